The van der Waals surface area contributed by atoms with Gasteiger partial charge in [0.2, 0.25) is 0 Å². The zero-order valence-electron chi connectivity index (χ0n) is 12.2. The van der Waals surface area contributed by atoms with Crippen LogP contribution in [0.5, 0.6) is 0 Å². The first-order chi connectivity index (χ1) is 9.97. The normalized spacial score (nSPS) is 10.6. The average molecular weight is 287 g/mol. The first-order valence-corrected chi connectivity index (χ1v) is 6.51. The van der Waals surface area contributed by atoms with Crippen molar-refractivity contribution in [2.75, 3.05) is 7.11 Å². The van der Waals surface area contributed by atoms with Crippen LogP contribution >= 0.6 is 0 Å². The van der Waals surface area contributed by atoms with Crippen LogP contribution in [0.2, 0.25) is 0 Å². The summed E-state index contributed by atoms with van der Waals surface area (Å²) in [5.41, 5.74) is 2.25. The van der Waals surface area contributed by atoms with Gasteiger partial charge in [-0.05, 0) is 25.5 Å². The molecule has 1 aromatic carbocycles. The number of ether oxygens (including phenoxy) is 1. The molecule has 2 aromatic rings. The third-order valence-electron chi connectivity index (χ3n) is 3.40. The van der Waals surface area contributed by atoms with E-state index in [2.05, 4.69) is 0 Å². The molecular formula is C16H17NO4. The van der Waals surface area contributed by atoms with Crippen LogP contribution in [0.15, 0.2) is 35.1 Å². The van der Waals surface area contributed by atoms with Gasteiger partial charge in [0.25, 0.3) is 5.56 Å². The van der Waals surface area contributed by atoms with Crippen LogP contribution in [0, 0.1) is 13.8 Å². The van der Waals surface area contributed by atoms with Gasteiger partial charge in [0.1, 0.15) is 0 Å². The Bertz CT molecular complexity index is 746. The number of methoxy groups -OCH3 is 1. The monoisotopic (exact) mass is 287 g/mol. The van der Waals surface area contributed by atoms with Gasteiger partial charge in [0, 0.05) is 24.4 Å². The summed E-state index contributed by atoms with van der Waals surface area (Å²) in [6, 6.07) is 8.64. The third kappa shape index (κ3) is 2.73. The molecule has 0 saturated carbocycles. The Balaban J connectivity index is 2.79. The Morgan fingerprint density at radius 2 is 1.95 bits per heavy atom. The topological polar surface area (TPSA) is 68.5 Å². The minimum atomic E-state index is -1.04. The predicted octanol–water partition coefficient (Wildman–Crippen LogP) is 2.30. The van der Waals surface area contributed by atoms with Gasteiger partial charge in [-0.25, -0.2) is 4.79 Å². The van der Waals surface area contributed by atoms with Crippen molar-refractivity contribution >= 4 is 5.97 Å². The molecule has 0 atom stereocenters. The molecule has 0 aliphatic rings. The summed E-state index contributed by atoms with van der Waals surface area (Å²) in [4.78, 5) is 23.7. The molecule has 0 aliphatic carbocycles. The Morgan fingerprint density at radius 1 is 1.29 bits per heavy atom. The van der Waals surface area contributed by atoms with Crippen molar-refractivity contribution in [1.82, 2.24) is 4.57 Å². The Morgan fingerprint density at radius 3 is 2.57 bits per heavy atom. The minimum absolute atomic E-state index is 0.154. The molecule has 0 aliphatic heterocycles. The summed E-state index contributed by atoms with van der Waals surface area (Å²) in [7, 11) is 1.57. The SMILES string of the molecule is COCc1ccccc1-n1c(C)c(C(=O)O)c(C)cc1=O. The number of para-hydroxylation sites is 1. The van der Waals surface area contributed by atoms with Gasteiger partial charge in [-0.3, -0.25) is 9.36 Å². The molecule has 1 heterocycles. The molecule has 110 valence electrons. The second-order valence-electron chi connectivity index (χ2n) is 4.83. The number of rotatable bonds is 4. The van der Waals surface area contributed by atoms with E-state index in [0.717, 1.165) is 5.56 Å². The lowest BCUT2D eigenvalue weighted by molar-refractivity contribution is 0.0694. The molecule has 5 nitrogen and oxygen atoms in total. The number of carbonyl (C=O) groups is 1. The smallest absolute Gasteiger partial charge is 0.337 e. The van der Waals surface area contributed by atoms with E-state index in [4.69, 9.17) is 4.74 Å². The van der Waals surface area contributed by atoms with Crippen LogP contribution in [-0.4, -0.2) is 22.8 Å². The number of aromatic carboxylic acids is 1. The van der Waals surface area contributed by atoms with Gasteiger partial charge in [0.05, 0.1) is 17.9 Å². The standard InChI is InChI=1S/C16H17NO4/c1-10-8-14(18)17(11(2)15(10)16(19)20)13-7-5-4-6-12(13)9-21-3/h4-8H,9H2,1-3H3,(H,19,20). The van der Waals surface area contributed by atoms with Crippen molar-refractivity contribution in [3.05, 3.63) is 63.1 Å². The van der Waals surface area contributed by atoms with E-state index in [-0.39, 0.29) is 11.1 Å². The maximum atomic E-state index is 12.3. The van der Waals surface area contributed by atoms with Crippen LogP contribution in [0.25, 0.3) is 5.69 Å². The maximum absolute atomic E-state index is 12.3. The summed E-state index contributed by atoms with van der Waals surface area (Å²) in [5, 5.41) is 9.34. The lowest BCUT2D eigenvalue weighted by atomic mass is 10.1. The highest BCUT2D eigenvalue weighted by atomic mass is 16.5. The highest BCUT2D eigenvalue weighted by molar-refractivity contribution is 5.90. The highest BCUT2D eigenvalue weighted by Crippen LogP contribution is 2.19. The van der Waals surface area contributed by atoms with Crippen molar-refractivity contribution in [2.45, 2.75) is 20.5 Å². The fourth-order valence-electron chi connectivity index (χ4n) is 2.51. The fraction of sp³-hybridized carbons (Fsp3) is 0.250. The van der Waals surface area contributed by atoms with Crippen LogP contribution in [-0.2, 0) is 11.3 Å². The number of carboxylic acids is 1. The van der Waals surface area contributed by atoms with Gasteiger partial charge in [-0.15, -0.1) is 0 Å². The molecule has 0 saturated heterocycles. The van der Waals surface area contributed by atoms with Crippen LogP contribution in [0.3, 0.4) is 0 Å². The van der Waals surface area contributed by atoms with Gasteiger partial charge in [-0.2, -0.15) is 0 Å². The average Bonchev–Trinajstić information content (AvgIpc) is 2.39. The van der Waals surface area contributed by atoms with Gasteiger partial charge >= 0.3 is 5.97 Å². The molecule has 1 N–H and O–H groups in total. The summed E-state index contributed by atoms with van der Waals surface area (Å²) in [6.45, 7) is 3.61. The zero-order valence-corrected chi connectivity index (χ0v) is 12.2. The van der Waals surface area contributed by atoms with E-state index in [0.29, 0.717) is 23.6 Å². The predicted molar refractivity (Wildman–Crippen MR) is 79.2 cm³/mol. The molecule has 0 spiro atoms. The third-order valence-corrected chi connectivity index (χ3v) is 3.40. The quantitative estimate of drug-likeness (QED) is 0.936. The maximum Gasteiger partial charge on any atom is 0.337 e. The molecule has 0 unspecified atom stereocenters. The van der Waals surface area contributed by atoms with Crippen LogP contribution < -0.4 is 5.56 Å². The number of pyridine rings is 1. The van der Waals surface area contributed by atoms with Crippen LogP contribution in [0.1, 0.15) is 27.2 Å². The number of aromatic nitrogens is 1. The van der Waals surface area contributed by atoms with Crippen molar-refractivity contribution in [3.8, 4) is 5.69 Å². The van der Waals surface area contributed by atoms with E-state index in [9.17, 15) is 14.7 Å². The van der Waals surface area contributed by atoms with Gasteiger partial charge < -0.3 is 9.84 Å². The summed E-state index contributed by atoms with van der Waals surface area (Å²) < 4.78 is 6.56. The number of hydrogen-bond donors (Lipinski definition) is 1. The number of benzene rings is 1. The number of nitrogens with zero attached hydrogens (tertiary/aromatic N) is 1. The Kier molecular flexibility index (Phi) is 4.23. The lowest BCUT2D eigenvalue weighted by Gasteiger charge is -2.17. The second-order valence-corrected chi connectivity index (χ2v) is 4.83. The van der Waals surface area contributed by atoms with E-state index in [1.165, 1.54) is 10.6 Å². The lowest BCUT2D eigenvalue weighted by Crippen LogP contribution is -2.25. The van der Waals surface area contributed by atoms with Crippen LogP contribution in [0.4, 0.5) is 0 Å². The molecule has 5 heteroatoms. The number of carboxylic acid groups (broad SMARTS) is 1. The summed E-state index contributed by atoms with van der Waals surface area (Å²) in [5.74, 6) is -1.04. The molecule has 0 bridgehead atoms. The van der Waals surface area contributed by atoms with Crippen molar-refractivity contribution in [1.29, 1.82) is 0 Å². The second kappa shape index (κ2) is 5.93. The molecule has 1 aromatic heterocycles. The number of hydrogen-bond acceptors (Lipinski definition) is 3. The molecule has 0 amide bonds. The van der Waals surface area contributed by atoms with Crippen molar-refractivity contribution < 1.29 is 14.6 Å². The van der Waals surface area contributed by atoms with Gasteiger partial charge in [-0.1, -0.05) is 18.2 Å². The molecule has 2 rings (SSSR count). The molecular weight excluding hydrogens is 270 g/mol. The minimum Gasteiger partial charge on any atom is -0.478 e. The Labute approximate surface area is 122 Å². The first kappa shape index (κ1) is 15.0. The fourth-order valence-corrected chi connectivity index (χ4v) is 2.51. The van der Waals surface area contributed by atoms with Crippen molar-refractivity contribution in [2.24, 2.45) is 0 Å². The molecule has 0 fully saturated rings. The Hall–Kier alpha value is -2.40. The first-order valence-electron chi connectivity index (χ1n) is 6.51. The van der Waals surface area contributed by atoms with E-state index in [1.807, 2.05) is 12.1 Å². The highest BCUT2D eigenvalue weighted by Gasteiger charge is 2.18. The van der Waals surface area contributed by atoms with Crippen molar-refractivity contribution in [3.63, 3.8) is 0 Å². The summed E-state index contributed by atoms with van der Waals surface area (Å²) in [6.07, 6.45) is 0. The summed E-state index contributed by atoms with van der Waals surface area (Å²) >= 11 is 0. The molecule has 21 heavy (non-hydrogen) atoms. The van der Waals surface area contributed by atoms with E-state index in [1.54, 1.807) is 33.1 Å². The molecule has 0 radical (unpaired) electrons. The van der Waals surface area contributed by atoms with E-state index >= 15 is 0 Å². The van der Waals surface area contributed by atoms with E-state index < -0.39 is 5.97 Å². The number of aryl methyl sites for hydroxylation is 1. The van der Waals surface area contributed by atoms with Gasteiger partial charge in [0.15, 0.2) is 0 Å². The largest absolute Gasteiger partial charge is 0.478 e. The zero-order chi connectivity index (χ0) is 15.6.